The van der Waals surface area contributed by atoms with Crippen molar-refractivity contribution in [3.8, 4) is 0 Å². The Labute approximate surface area is 175 Å². The molecule has 0 radical (unpaired) electrons. The SMILES string of the molecule is CCNC(=O)[C@@]1(O)CC/C=C2/C(c3ccccn3)=NN=C(c3ccccn3)C2CC1. The number of likely N-dealkylation sites (N-methyl/N-ethyl adjacent to an activating group) is 1. The summed E-state index contributed by atoms with van der Waals surface area (Å²) in [5.74, 6) is -0.441. The third-order valence-electron chi connectivity index (χ3n) is 5.60. The molecule has 0 saturated heterocycles. The van der Waals surface area contributed by atoms with Crippen LogP contribution in [0.4, 0.5) is 0 Å². The number of pyridine rings is 2. The number of nitrogens with one attached hydrogen (secondary N) is 1. The Balaban J connectivity index is 1.76. The first-order valence-corrected chi connectivity index (χ1v) is 10.3. The average molecular weight is 403 g/mol. The fourth-order valence-electron chi connectivity index (χ4n) is 4.05. The van der Waals surface area contributed by atoms with Crippen molar-refractivity contribution in [1.82, 2.24) is 15.3 Å². The summed E-state index contributed by atoms with van der Waals surface area (Å²) in [5, 5.41) is 22.9. The summed E-state index contributed by atoms with van der Waals surface area (Å²) < 4.78 is 0. The number of hydrogen-bond acceptors (Lipinski definition) is 6. The number of amides is 1. The maximum absolute atomic E-state index is 12.5. The molecule has 2 aliphatic rings. The maximum Gasteiger partial charge on any atom is 0.251 e. The molecule has 4 rings (SSSR count). The summed E-state index contributed by atoms with van der Waals surface area (Å²) in [6.45, 7) is 2.34. The predicted octanol–water partition coefficient (Wildman–Crippen LogP) is 2.67. The predicted molar refractivity (Wildman–Crippen MR) is 115 cm³/mol. The molecule has 1 unspecified atom stereocenters. The van der Waals surface area contributed by atoms with Crippen LogP contribution >= 0.6 is 0 Å². The standard InChI is InChI=1S/C23H25N5O2/c1-2-24-22(29)23(30)12-7-8-16-17(11-13-23)21(19-10-4-6-15-26-19)28-27-20(16)18-9-3-5-14-25-18/h3-6,8-10,14-15,17,30H,2,7,11-13H2,1H3,(H,24,29)/b16-8+/t17?,23-/m1/s1. The van der Waals surface area contributed by atoms with E-state index in [0.717, 1.165) is 28.4 Å². The highest BCUT2D eigenvalue weighted by atomic mass is 16.3. The van der Waals surface area contributed by atoms with Crippen molar-refractivity contribution in [3.63, 3.8) is 0 Å². The average Bonchev–Trinajstić information content (AvgIpc) is 2.77. The minimum absolute atomic E-state index is 0.129. The van der Waals surface area contributed by atoms with Gasteiger partial charge in [0.15, 0.2) is 0 Å². The van der Waals surface area contributed by atoms with Gasteiger partial charge in [-0.1, -0.05) is 18.2 Å². The molecule has 2 aromatic rings. The lowest BCUT2D eigenvalue weighted by Gasteiger charge is -2.33. The van der Waals surface area contributed by atoms with Gasteiger partial charge in [0, 0.05) is 24.9 Å². The highest BCUT2D eigenvalue weighted by molar-refractivity contribution is 6.19. The number of hydrogen-bond donors (Lipinski definition) is 2. The number of carbonyl (C=O) groups excluding carboxylic acids is 1. The summed E-state index contributed by atoms with van der Waals surface area (Å²) in [6.07, 6.45) is 7.35. The van der Waals surface area contributed by atoms with Gasteiger partial charge in [-0.15, -0.1) is 5.10 Å². The third-order valence-corrected chi connectivity index (χ3v) is 5.60. The van der Waals surface area contributed by atoms with Crippen LogP contribution in [-0.4, -0.2) is 44.6 Å². The van der Waals surface area contributed by atoms with Crippen LogP contribution in [0.25, 0.3) is 0 Å². The highest BCUT2D eigenvalue weighted by Gasteiger charge is 2.40. The first kappa shape index (κ1) is 20.1. The number of fused-ring (bicyclic) bond motifs is 1. The topological polar surface area (TPSA) is 99.8 Å². The maximum atomic E-state index is 12.5. The van der Waals surface area contributed by atoms with E-state index in [0.29, 0.717) is 32.2 Å². The number of allylic oxidation sites excluding steroid dienone is 2. The van der Waals surface area contributed by atoms with Gasteiger partial charge in [-0.2, -0.15) is 5.10 Å². The number of aliphatic hydroxyl groups is 1. The molecule has 0 fully saturated rings. The van der Waals surface area contributed by atoms with Crippen LogP contribution in [0.15, 0.2) is 70.6 Å². The molecule has 2 N–H and O–H groups in total. The van der Waals surface area contributed by atoms with Crippen LogP contribution in [0, 0.1) is 5.92 Å². The van der Waals surface area contributed by atoms with E-state index in [1.807, 2.05) is 43.3 Å². The second-order valence-electron chi connectivity index (χ2n) is 7.54. The molecule has 30 heavy (non-hydrogen) atoms. The molecule has 7 heteroatoms. The fraction of sp³-hybridized carbons (Fsp3) is 0.348. The monoisotopic (exact) mass is 403 g/mol. The number of nitrogens with zero attached hydrogens (tertiary/aromatic N) is 4. The van der Waals surface area contributed by atoms with E-state index in [1.165, 1.54) is 0 Å². The van der Waals surface area contributed by atoms with Gasteiger partial charge in [0.25, 0.3) is 5.91 Å². The number of aromatic nitrogens is 2. The Kier molecular flexibility index (Phi) is 5.81. The van der Waals surface area contributed by atoms with E-state index in [-0.39, 0.29) is 11.8 Å². The molecule has 1 amide bonds. The van der Waals surface area contributed by atoms with Gasteiger partial charge >= 0.3 is 0 Å². The normalized spacial score (nSPS) is 25.5. The van der Waals surface area contributed by atoms with Crippen LogP contribution in [0.2, 0.25) is 0 Å². The molecule has 3 heterocycles. The van der Waals surface area contributed by atoms with Crippen molar-refractivity contribution in [1.29, 1.82) is 0 Å². The Morgan fingerprint density at radius 3 is 2.50 bits per heavy atom. The van der Waals surface area contributed by atoms with E-state index < -0.39 is 5.60 Å². The van der Waals surface area contributed by atoms with Gasteiger partial charge in [0.1, 0.15) is 11.3 Å². The highest BCUT2D eigenvalue weighted by Crippen LogP contribution is 2.35. The van der Waals surface area contributed by atoms with Gasteiger partial charge < -0.3 is 10.4 Å². The quantitative estimate of drug-likeness (QED) is 0.820. The Hall–Kier alpha value is -3.19. The molecule has 2 atom stereocenters. The zero-order valence-corrected chi connectivity index (χ0v) is 17.0. The van der Waals surface area contributed by atoms with Crippen LogP contribution in [0.1, 0.15) is 44.0 Å². The van der Waals surface area contributed by atoms with Crippen LogP contribution in [0.3, 0.4) is 0 Å². The second kappa shape index (κ2) is 8.67. The van der Waals surface area contributed by atoms with Crippen LogP contribution < -0.4 is 5.32 Å². The minimum atomic E-state index is -1.40. The lowest BCUT2D eigenvalue weighted by atomic mass is 9.76. The van der Waals surface area contributed by atoms with Crippen LogP contribution in [0.5, 0.6) is 0 Å². The molecule has 0 bridgehead atoms. The number of rotatable bonds is 4. The van der Waals surface area contributed by atoms with E-state index in [4.69, 9.17) is 0 Å². The fourth-order valence-corrected chi connectivity index (χ4v) is 4.05. The van der Waals surface area contributed by atoms with Crippen molar-refractivity contribution in [2.75, 3.05) is 6.54 Å². The van der Waals surface area contributed by atoms with Gasteiger partial charge in [-0.05, 0) is 62.4 Å². The van der Waals surface area contributed by atoms with Crippen molar-refractivity contribution in [2.45, 2.75) is 38.2 Å². The van der Waals surface area contributed by atoms with Crippen LogP contribution in [-0.2, 0) is 4.79 Å². The smallest absolute Gasteiger partial charge is 0.251 e. The molecule has 0 aromatic carbocycles. The minimum Gasteiger partial charge on any atom is -0.380 e. The Morgan fingerprint density at radius 1 is 1.10 bits per heavy atom. The van der Waals surface area contributed by atoms with Crippen molar-refractivity contribution in [2.24, 2.45) is 16.1 Å². The molecule has 2 aromatic heterocycles. The number of carbonyl (C=O) groups is 1. The van der Waals surface area contributed by atoms with Gasteiger partial charge in [0.05, 0.1) is 17.1 Å². The Bertz CT molecular complexity index is 1000. The largest absolute Gasteiger partial charge is 0.380 e. The van der Waals surface area contributed by atoms with Gasteiger partial charge in [-0.3, -0.25) is 14.8 Å². The third kappa shape index (κ3) is 3.93. The lowest BCUT2D eigenvalue weighted by molar-refractivity contribution is -0.141. The molecule has 1 aliphatic heterocycles. The molecule has 7 nitrogen and oxygen atoms in total. The summed E-state index contributed by atoms with van der Waals surface area (Å²) in [5.41, 5.74) is 2.64. The zero-order chi connectivity index (χ0) is 21.0. The molecule has 154 valence electrons. The second-order valence-corrected chi connectivity index (χ2v) is 7.54. The first-order chi connectivity index (χ1) is 14.6. The first-order valence-electron chi connectivity index (χ1n) is 10.3. The van der Waals surface area contributed by atoms with Gasteiger partial charge in [-0.25, -0.2) is 0 Å². The van der Waals surface area contributed by atoms with E-state index >= 15 is 0 Å². The summed E-state index contributed by atoms with van der Waals surface area (Å²) in [4.78, 5) is 21.4. The summed E-state index contributed by atoms with van der Waals surface area (Å²) >= 11 is 0. The molecule has 0 spiro atoms. The van der Waals surface area contributed by atoms with Gasteiger partial charge in [0.2, 0.25) is 0 Å². The zero-order valence-electron chi connectivity index (χ0n) is 17.0. The van der Waals surface area contributed by atoms with E-state index in [1.54, 1.807) is 12.4 Å². The summed E-state index contributed by atoms with van der Waals surface area (Å²) in [6, 6.07) is 11.4. The van der Waals surface area contributed by atoms with Crippen molar-refractivity contribution >= 4 is 17.3 Å². The van der Waals surface area contributed by atoms with E-state index in [9.17, 15) is 9.90 Å². The molecule has 1 aliphatic carbocycles. The summed E-state index contributed by atoms with van der Waals surface area (Å²) in [7, 11) is 0. The molecule has 0 saturated carbocycles. The van der Waals surface area contributed by atoms with Crippen molar-refractivity contribution in [3.05, 3.63) is 71.8 Å². The Morgan fingerprint density at radius 2 is 1.83 bits per heavy atom. The van der Waals surface area contributed by atoms with Crippen molar-refractivity contribution < 1.29 is 9.90 Å². The lowest BCUT2D eigenvalue weighted by Crippen LogP contribution is -2.48. The molecular weight excluding hydrogens is 378 g/mol. The van der Waals surface area contributed by atoms with E-state index in [2.05, 4.69) is 31.6 Å². The molecular formula is C23H25N5O2.